The number of alkyl halides is 6. The Bertz CT molecular complexity index is 942. The van der Waals surface area contributed by atoms with Crippen molar-refractivity contribution in [2.24, 2.45) is 0 Å². The molecule has 12 heteroatoms. The molecule has 2 unspecified atom stereocenters. The van der Waals surface area contributed by atoms with Crippen LogP contribution in [-0.4, -0.2) is 49.8 Å². The fourth-order valence-electron chi connectivity index (χ4n) is 3.21. The predicted molar refractivity (Wildman–Crippen MR) is 110 cm³/mol. The molecule has 2 aromatic carbocycles. The molecule has 1 aliphatic rings. The van der Waals surface area contributed by atoms with Gasteiger partial charge in [0.25, 0.3) is 0 Å². The first-order valence-electron chi connectivity index (χ1n) is 9.54. The van der Waals surface area contributed by atoms with Crippen molar-refractivity contribution in [3.8, 4) is 11.5 Å². The third-order valence-electron chi connectivity index (χ3n) is 5.21. The summed E-state index contributed by atoms with van der Waals surface area (Å²) in [6.07, 6.45) is 0. The molecular weight excluding hydrogens is 474 g/mol. The maximum atomic E-state index is 15.3. The normalized spacial score (nSPS) is 26.9. The lowest BCUT2D eigenvalue weighted by molar-refractivity contribution is -0.527. The van der Waals surface area contributed by atoms with Crippen LogP contribution in [0.1, 0.15) is 0 Å². The van der Waals surface area contributed by atoms with Gasteiger partial charge in [-0.25, -0.2) is 0 Å². The Balaban J connectivity index is 2.02. The summed E-state index contributed by atoms with van der Waals surface area (Å²) in [4.78, 5) is 20.3. The van der Waals surface area contributed by atoms with Crippen molar-refractivity contribution in [1.82, 2.24) is 0 Å². The number of benzene rings is 2. The lowest BCUT2D eigenvalue weighted by Gasteiger charge is -2.55. The molecule has 2 aromatic rings. The molecule has 0 aliphatic heterocycles. The lowest BCUT2D eigenvalue weighted by Crippen LogP contribution is -2.89. The van der Waals surface area contributed by atoms with Crippen molar-refractivity contribution in [1.29, 1.82) is 0 Å². The zero-order valence-electron chi connectivity index (χ0n) is 17.6. The lowest BCUT2D eigenvalue weighted by atomic mass is 9.76. The molecule has 2 atom stereocenters. The second-order valence-corrected chi connectivity index (χ2v) is 16.1. The molecule has 32 heavy (non-hydrogen) atoms. The van der Waals surface area contributed by atoms with Gasteiger partial charge in [0.05, 0.1) is 0 Å². The van der Waals surface area contributed by atoms with E-state index in [1.807, 2.05) is 0 Å². The minimum atomic E-state index is -5.57. The van der Waals surface area contributed by atoms with E-state index in [0.29, 0.717) is 0 Å². The van der Waals surface area contributed by atoms with Crippen LogP contribution in [-0.2, 0) is 0 Å². The monoisotopic (exact) mass is 496 g/mol. The highest BCUT2D eigenvalue weighted by molar-refractivity contribution is 6.83. The summed E-state index contributed by atoms with van der Waals surface area (Å²) in [7, 11) is -6.00. The SMILES string of the molecule is C[Si](C)(O)c1cccc(OC2(F)C(F)(F)C(F)(F)C2(F)Oc2cccc([Si](C)(C)O)c2)c1. The van der Waals surface area contributed by atoms with E-state index >= 15 is 8.78 Å². The summed E-state index contributed by atoms with van der Waals surface area (Å²) >= 11 is 0. The second kappa shape index (κ2) is 7.24. The Labute approximate surface area is 182 Å². The van der Waals surface area contributed by atoms with Gasteiger partial charge >= 0.3 is 23.6 Å². The van der Waals surface area contributed by atoms with E-state index in [0.717, 1.165) is 24.3 Å². The van der Waals surface area contributed by atoms with Gasteiger partial charge in [0.2, 0.25) is 16.6 Å². The van der Waals surface area contributed by atoms with Crippen molar-refractivity contribution in [3.05, 3.63) is 48.5 Å². The molecule has 176 valence electrons. The molecule has 0 spiro atoms. The third-order valence-corrected chi connectivity index (χ3v) is 8.66. The van der Waals surface area contributed by atoms with Gasteiger partial charge in [-0.15, -0.1) is 0 Å². The highest BCUT2D eigenvalue weighted by Gasteiger charge is 3.03. The van der Waals surface area contributed by atoms with E-state index in [-0.39, 0.29) is 10.4 Å². The molecular formula is C20H22F6O4Si2. The Kier molecular flexibility index (Phi) is 5.57. The van der Waals surface area contributed by atoms with Gasteiger partial charge in [0, 0.05) is 0 Å². The molecule has 4 nitrogen and oxygen atoms in total. The number of halogens is 6. The summed E-state index contributed by atoms with van der Waals surface area (Å²) in [5.41, 5.74) is 0. The van der Waals surface area contributed by atoms with Crippen molar-refractivity contribution < 1.29 is 45.4 Å². The number of ether oxygens (including phenoxy) is 2. The summed E-state index contributed by atoms with van der Waals surface area (Å²) in [6, 6.07) is 9.21. The zero-order valence-corrected chi connectivity index (χ0v) is 19.6. The minimum Gasteiger partial charge on any atom is -0.447 e. The average molecular weight is 497 g/mol. The Morgan fingerprint density at radius 1 is 0.625 bits per heavy atom. The van der Waals surface area contributed by atoms with Crippen LogP contribution < -0.4 is 19.8 Å². The minimum absolute atomic E-state index is 0.223. The standard InChI is InChI=1S/C20H22F6O4Si2/c1-31(2,27)15-9-5-7-13(11-15)29-19(25)17(21,22)18(23,24)20(19,26)30-14-8-6-10-16(12-14)32(3,4)28/h5-12,27-28H,1-4H3. The molecule has 0 amide bonds. The molecule has 1 saturated carbocycles. The summed E-state index contributed by atoms with van der Waals surface area (Å²) in [5.74, 6) is -22.3. The first-order chi connectivity index (χ1) is 14.4. The maximum absolute atomic E-state index is 15.3. The molecule has 1 aliphatic carbocycles. The van der Waals surface area contributed by atoms with Crippen molar-refractivity contribution in [2.45, 2.75) is 49.7 Å². The summed E-state index contributed by atoms with van der Waals surface area (Å²) in [5, 5.41) is 0.447. The second-order valence-electron chi connectivity index (χ2n) is 8.72. The first kappa shape index (κ1) is 24.6. The largest absolute Gasteiger partial charge is 0.447 e. The van der Waals surface area contributed by atoms with Crippen LogP contribution in [0, 0.1) is 0 Å². The van der Waals surface area contributed by atoms with E-state index in [4.69, 9.17) is 0 Å². The average Bonchev–Trinajstić information content (AvgIpc) is 2.66. The Hall–Kier alpha value is -2.03. The van der Waals surface area contributed by atoms with Gasteiger partial charge in [-0.2, -0.15) is 26.3 Å². The molecule has 1 fully saturated rings. The molecule has 0 heterocycles. The molecule has 0 aromatic heterocycles. The molecule has 0 saturated heterocycles. The quantitative estimate of drug-likeness (QED) is 0.474. The fraction of sp³-hybridized carbons (Fsp3) is 0.400. The summed E-state index contributed by atoms with van der Waals surface area (Å²) in [6.45, 7) is 5.91. The van der Waals surface area contributed by atoms with Crippen molar-refractivity contribution >= 4 is 27.0 Å². The third kappa shape index (κ3) is 3.53. The number of hydrogen-bond donors (Lipinski definition) is 2. The van der Waals surface area contributed by atoms with Crippen LogP contribution in [0.3, 0.4) is 0 Å². The molecule has 2 N–H and O–H groups in total. The van der Waals surface area contributed by atoms with E-state index in [1.165, 1.54) is 50.5 Å². The van der Waals surface area contributed by atoms with Crippen molar-refractivity contribution in [3.63, 3.8) is 0 Å². The predicted octanol–water partition coefficient (Wildman–Crippen LogP) is 3.57. The topological polar surface area (TPSA) is 58.9 Å². The Morgan fingerprint density at radius 3 is 1.22 bits per heavy atom. The van der Waals surface area contributed by atoms with Crippen LogP contribution in [0.25, 0.3) is 0 Å². The fourth-order valence-corrected chi connectivity index (χ4v) is 5.21. The molecule has 0 radical (unpaired) electrons. The van der Waals surface area contributed by atoms with Crippen LogP contribution in [0.5, 0.6) is 11.5 Å². The highest BCUT2D eigenvalue weighted by Crippen LogP contribution is 2.68. The van der Waals surface area contributed by atoms with Crippen molar-refractivity contribution in [2.75, 3.05) is 0 Å². The zero-order chi connectivity index (χ0) is 24.4. The first-order valence-corrected chi connectivity index (χ1v) is 15.4. The highest BCUT2D eigenvalue weighted by atomic mass is 28.4. The van der Waals surface area contributed by atoms with Gasteiger partial charge in [0.15, 0.2) is 0 Å². The van der Waals surface area contributed by atoms with Gasteiger partial charge in [0.1, 0.15) is 11.5 Å². The van der Waals surface area contributed by atoms with E-state index in [2.05, 4.69) is 9.47 Å². The van der Waals surface area contributed by atoms with Gasteiger partial charge < -0.3 is 19.1 Å². The Morgan fingerprint density at radius 2 is 0.938 bits per heavy atom. The van der Waals surface area contributed by atoms with Crippen LogP contribution in [0.4, 0.5) is 26.3 Å². The summed E-state index contributed by atoms with van der Waals surface area (Å²) < 4.78 is 96.4. The number of hydrogen-bond acceptors (Lipinski definition) is 4. The molecule has 3 rings (SSSR count). The van der Waals surface area contributed by atoms with Gasteiger partial charge in [-0.05, 0) is 60.8 Å². The van der Waals surface area contributed by atoms with Crippen LogP contribution >= 0.6 is 0 Å². The van der Waals surface area contributed by atoms with E-state index in [1.54, 1.807) is 0 Å². The maximum Gasteiger partial charge on any atom is 0.395 e. The van der Waals surface area contributed by atoms with Crippen LogP contribution in [0.2, 0.25) is 26.2 Å². The molecule has 0 bridgehead atoms. The van der Waals surface area contributed by atoms with Gasteiger partial charge in [-0.3, -0.25) is 0 Å². The number of rotatable bonds is 6. The van der Waals surface area contributed by atoms with E-state index < -0.39 is 51.7 Å². The van der Waals surface area contributed by atoms with Gasteiger partial charge in [-0.1, -0.05) is 24.3 Å². The van der Waals surface area contributed by atoms with Crippen LogP contribution in [0.15, 0.2) is 48.5 Å². The smallest absolute Gasteiger partial charge is 0.395 e. The van der Waals surface area contributed by atoms with E-state index in [9.17, 15) is 27.2 Å².